The van der Waals surface area contributed by atoms with Gasteiger partial charge in [-0.25, -0.2) is 4.79 Å². The molecular formula is C23H25NO6. The second kappa shape index (κ2) is 9.11. The molecule has 0 aliphatic carbocycles. The van der Waals surface area contributed by atoms with Crippen LogP contribution < -0.4 is 4.74 Å². The Hall–Kier alpha value is -3.16. The van der Waals surface area contributed by atoms with Crippen molar-refractivity contribution in [1.29, 1.82) is 0 Å². The normalized spacial score (nSPS) is 21.0. The van der Waals surface area contributed by atoms with Gasteiger partial charge in [0, 0.05) is 12.1 Å². The molecule has 0 radical (unpaired) electrons. The molecule has 2 atom stereocenters. The summed E-state index contributed by atoms with van der Waals surface area (Å²) in [5.41, 5.74) is -0.145. The lowest BCUT2D eigenvalue weighted by molar-refractivity contribution is -0.169. The molecule has 2 aromatic carbocycles. The SMILES string of the molecule is C=C1C(=O)N(Cc2ccc(OC)cc2)[C@@](COCc2ccccc2)(C(=O)OC)[C@H]1O. The van der Waals surface area contributed by atoms with Crippen molar-refractivity contribution >= 4 is 11.9 Å². The maximum absolute atomic E-state index is 12.9. The summed E-state index contributed by atoms with van der Waals surface area (Å²) in [7, 11) is 2.77. The van der Waals surface area contributed by atoms with Crippen LogP contribution in [-0.2, 0) is 32.2 Å². The molecule has 0 unspecified atom stereocenters. The lowest BCUT2D eigenvalue weighted by atomic mass is 9.92. The Labute approximate surface area is 175 Å². The van der Waals surface area contributed by atoms with E-state index in [1.54, 1.807) is 31.4 Å². The second-order valence-electron chi connectivity index (χ2n) is 7.06. The predicted molar refractivity (Wildman–Crippen MR) is 110 cm³/mol. The van der Waals surface area contributed by atoms with Gasteiger partial charge in [0.25, 0.3) is 5.91 Å². The number of carbonyl (C=O) groups excluding carboxylic acids is 2. The molecule has 2 aromatic rings. The lowest BCUT2D eigenvalue weighted by Gasteiger charge is -2.37. The fraction of sp³-hybridized carbons (Fsp3) is 0.304. The van der Waals surface area contributed by atoms with Crippen LogP contribution in [0.5, 0.6) is 5.75 Å². The monoisotopic (exact) mass is 411 g/mol. The lowest BCUT2D eigenvalue weighted by Crippen LogP contribution is -2.60. The number of esters is 1. The van der Waals surface area contributed by atoms with Crippen LogP contribution in [0.1, 0.15) is 11.1 Å². The highest BCUT2D eigenvalue weighted by molar-refractivity contribution is 6.04. The molecule has 1 N–H and O–H groups in total. The smallest absolute Gasteiger partial charge is 0.337 e. The van der Waals surface area contributed by atoms with Crippen LogP contribution in [0.4, 0.5) is 0 Å². The van der Waals surface area contributed by atoms with Gasteiger partial charge in [-0.2, -0.15) is 0 Å². The van der Waals surface area contributed by atoms with E-state index < -0.39 is 23.5 Å². The molecule has 0 bridgehead atoms. The van der Waals surface area contributed by atoms with E-state index in [0.717, 1.165) is 11.1 Å². The Bertz CT molecular complexity index is 911. The van der Waals surface area contributed by atoms with Crippen molar-refractivity contribution in [3.63, 3.8) is 0 Å². The van der Waals surface area contributed by atoms with Crippen molar-refractivity contribution in [2.45, 2.75) is 24.8 Å². The third kappa shape index (κ3) is 3.94. The molecule has 158 valence electrons. The summed E-state index contributed by atoms with van der Waals surface area (Å²) in [6, 6.07) is 16.5. The Kier molecular flexibility index (Phi) is 6.54. The largest absolute Gasteiger partial charge is 0.497 e. The van der Waals surface area contributed by atoms with Crippen LogP contribution in [0, 0.1) is 0 Å². The molecule has 30 heavy (non-hydrogen) atoms. The van der Waals surface area contributed by atoms with E-state index in [9.17, 15) is 14.7 Å². The third-order valence-electron chi connectivity index (χ3n) is 5.26. The van der Waals surface area contributed by atoms with Gasteiger partial charge in [-0.05, 0) is 23.3 Å². The number of carbonyl (C=O) groups is 2. The highest BCUT2D eigenvalue weighted by atomic mass is 16.5. The summed E-state index contributed by atoms with van der Waals surface area (Å²) < 4.78 is 15.9. The Balaban J connectivity index is 1.89. The first kappa shape index (κ1) is 21.5. The van der Waals surface area contributed by atoms with Crippen LogP contribution in [-0.4, -0.2) is 54.4 Å². The Morgan fingerprint density at radius 3 is 2.37 bits per heavy atom. The fourth-order valence-electron chi connectivity index (χ4n) is 3.55. The van der Waals surface area contributed by atoms with Gasteiger partial charge < -0.3 is 24.2 Å². The molecule has 1 heterocycles. The van der Waals surface area contributed by atoms with Crippen molar-refractivity contribution in [3.8, 4) is 5.75 Å². The first-order valence-electron chi connectivity index (χ1n) is 9.46. The van der Waals surface area contributed by atoms with Gasteiger partial charge in [0.2, 0.25) is 0 Å². The summed E-state index contributed by atoms with van der Waals surface area (Å²) >= 11 is 0. The molecule has 1 fully saturated rings. The predicted octanol–water partition coefficient (Wildman–Crippen LogP) is 2.08. The average Bonchev–Trinajstić information content (AvgIpc) is 2.96. The molecule has 1 saturated heterocycles. The van der Waals surface area contributed by atoms with Crippen LogP contribution in [0.3, 0.4) is 0 Å². The number of rotatable bonds is 8. The van der Waals surface area contributed by atoms with Crippen molar-refractivity contribution in [1.82, 2.24) is 4.90 Å². The van der Waals surface area contributed by atoms with Gasteiger partial charge in [-0.1, -0.05) is 49.0 Å². The van der Waals surface area contributed by atoms with Gasteiger partial charge in [0.05, 0.1) is 27.4 Å². The first-order chi connectivity index (χ1) is 14.4. The highest BCUT2D eigenvalue weighted by Crippen LogP contribution is 2.37. The highest BCUT2D eigenvalue weighted by Gasteiger charge is 2.61. The van der Waals surface area contributed by atoms with Gasteiger partial charge >= 0.3 is 5.97 Å². The number of hydrogen-bond donors (Lipinski definition) is 1. The first-order valence-corrected chi connectivity index (χ1v) is 9.46. The number of nitrogens with zero attached hydrogens (tertiary/aromatic N) is 1. The van der Waals surface area contributed by atoms with E-state index in [4.69, 9.17) is 14.2 Å². The summed E-state index contributed by atoms with van der Waals surface area (Å²) in [6.45, 7) is 3.73. The molecule has 0 spiro atoms. The number of aliphatic hydroxyl groups excluding tert-OH is 1. The van der Waals surface area contributed by atoms with E-state index in [-0.39, 0.29) is 25.3 Å². The zero-order valence-electron chi connectivity index (χ0n) is 17.0. The molecule has 7 nitrogen and oxygen atoms in total. The average molecular weight is 411 g/mol. The molecule has 7 heteroatoms. The van der Waals surface area contributed by atoms with Gasteiger partial charge in [0.15, 0.2) is 5.54 Å². The number of likely N-dealkylation sites (tertiary alicyclic amines) is 1. The van der Waals surface area contributed by atoms with E-state index in [1.165, 1.54) is 12.0 Å². The summed E-state index contributed by atoms with van der Waals surface area (Å²) in [6.07, 6.45) is -1.45. The molecule has 1 aliphatic rings. The number of benzene rings is 2. The molecule has 0 saturated carbocycles. The number of aliphatic hydroxyl groups is 1. The Morgan fingerprint density at radius 2 is 1.77 bits per heavy atom. The van der Waals surface area contributed by atoms with Crippen molar-refractivity contribution in [2.75, 3.05) is 20.8 Å². The maximum atomic E-state index is 12.9. The van der Waals surface area contributed by atoms with Crippen molar-refractivity contribution < 1.29 is 28.9 Å². The number of hydrogen-bond acceptors (Lipinski definition) is 6. The summed E-state index contributed by atoms with van der Waals surface area (Å²) in [4.78, 5) is 27.0. The molecular weight excluding hydrogens is 386 g/mol. The summed E-state index contributed by atoms with van der Waals surface area (Å²) in [5.74, 6) is -0.614. The third-order valence-corrected chi connectivity index (χ3v) is 5.26. The Morgan fingerprint density at radius 1 is 1.10 bits per heavy atom. The molecule has 3 rings (SSSR count). The van der Waals surface area contributed by atoms with Crippen LogP contribution in [0.15, 0.2) is 66.7 Å². The zero-order chi connectivity index (χ0) is 21.7. The van der Waals surface area contributed by atoms with Crippen molar-refractivity contribution in [3.05, 3.63) is 77.9 Å². The van der Waals surface area contributed by atoms with Gasteiger partial charge in [-0.15, -0.1) is 0 Å². The van der Waals surface area contributed by atoms with E-state index >= 15 is 0 Å². The summed E-state index contributed by atoms with van der Waals surface area (Å²) in [5, 5.41) is 10.8. The molecule has 0 aromatic heterocycles. The van der Waals surface area contributed by atoms with E-state index in [0.29, 0.717) is 5.75 Å². The number of ether oxygens (including phenoxy) is 3. The van der Waals surface area contributed by atoms with Gasteiger partial charge in [0.1, 0.15) is 11.9 Å². The molecule has 1 amide bonds. The van der Waals surface area contributed by atoms with E-state index in [2.05, 4.69) is 6.58 Å². The minimum atomic E-state index is -1.72. The molecule has 1 aliphatic heterocycles. The zero-order valence-corrected chi connectivity index (χ0v) is 17.0. The minimum absolute atomic E-state index is 0.0720. The fourth-order valence-corrected chi connectivity index (χ4v) is 3.55. The number of amides is 1. The maximum Gasteiger partial charge on any atom is 0.337 e. The van der Waals surface area contributed by atoms with Crippen LogP contribution in [0.2, 0.25) is 0 Å². The van der Waals surface area contributed by atoms with Gasteiger partial charge in [-0.3, -0.25) is 4.79 Å². The van der Waals surface area contributed by atoms with Crippen molar-refractivity contribution in [2.24, 2.45) is 0 Å². The van der Waals surface area contributed by atoms with E-state index in [1.807, 2.05) is 30.3 Å². The number of methoxy groups -OCH3 is 2. The van der Waals surface area contributed by atoms with Crippen LogP contribution >= 0.6 is 0 Å². The van der Waals surface area contributed by atoms with Crippen LogP contribution in [0.25, 0.3) is 0 Å². The quantitative estimate of drug-likeness (QED) is 0.529. The standard InChI is InChI=1S/C23H25NO6/c1-16-20(25)23(22(27)29-3,15-30-14-18-7-5-4-6-8-18)24(21(16)26)13-17-9-11-19(28-2)12-10-17/h4-12,20,25H,1,13-15H2,2-3H3/t20-,23+/m0/s1. The topological polar surface area (TPSA) is 85.3 Å². The second-order valence-corrected chi connectivity index (χ2v) is 7.06. The minimum Gasteiger partial charge on any atom is -0.497 e.